The van der Waals surface area contributed by atoms with Gasteiger partial charge in [-0.15, -0.1) is 0 Å². The summed E-state index contributed by atoms with van der Waals surface area (Å²) in [4.78, 5) is 11.8. The molecule has 8 nitrogen and oxygen atoms in total. The third-order valence-electron chi connectivity index (χ3n) is 9.02. The van der Waals surface area contributed by atoms with Crippen molar-refractivity contribution in [1.29, 1.82) is 0 Å². The molecule has 5 heterocycles. The summed E-state index contributed by atoms with van der Waals surface area (Å²) in [7, 11) is 1.90. The molecular weight excluding hydrogens is 486 g/mol. The van der Waals surface area contributed by atoms with Crippen LogP contribution in [-0.2, 0) is 24.6 Å². The molecule has 2 saturated heterocycles. The van der Waals surface area contributed by atoms with Gasteiger partial charge in [0.2, 0.25) is 0 Å². The molecule has 196 valence electrons. The van der Waals surface area contributed by atoms with Crippen LogP contribution in [0, 0.1) is 0 Å². The molecule has 5 aromatic rings. The van der Waals surface area contributed by atoms with E-state index in [9.17, 15) is 0 Å². The van der Waals surface area contributed by atoms with E-state index in [1.165, 1.54) is 36.0 Å². The van der Waals surface area contributed by atoms with Crippen LogP contribution in [0.15, 0.2) is 61.1 Å². The van der Waals surface area contributed by atoms with E-state index in [-0.39, 0.29) is 0 Å². The van der Waals surface area contributed by atoms with Gasteiger partial charge in [-0.1, -0.05) is 42.5 Å². The standard InChI is InChI=1S/C31H31N7O/c1-37-31(33-18-34-37)21-5-3-20(4-6-21)29-28-13-24(15-32-30(28)36-35-29)23-7-2-19-8-10-25(11-9-22(19)12-23)38-26-14-27(38)17-39-16-26/h2-7,12-13,15,18,25-27H,8-11,14,16-17H2,1H3,(H,32,35,36)/t25-,26?,27?/m0/s1. The summed E-state index contributed by atoms with van der Waals surface area (Å²) in [6, 6.07) is 19.6. The van der Waals surface area contributed by atoms with Crippen molar-refractivity contribution in [2.45, 2.75) is 50.2 Å². The van der Waals surface area contributed by atoms with E-state index in [0.717, 1.165) is 65.3 Å². The Kier molecular flexibility index (Phi) is 5.38. The minimum absolute atomic E-state index is 0.649. The van der Waals surface area contributed by atoms with Gasteiger partial charge < -0.3 is 4.74 Å². The first-order valence-electron chi connectivity index (χ1n) is 14.0. The van der Waals surface area contributed by atoms with Crippen LogP contribution in [0.4, 0.5) is 0 Å². The summed E-state index contributed by atoms with van der Waals surface area (Å²) in [5.74, 6) is 0.844. The molecule has 2 aromatic carbocycles. The fourth-order valence-electron chi connectivity index (χ4n) is 6.95. The van der Waals surface area contributed by atoms with Crippen molar-refractivity contribution in [3.8, 4) is 33.8 Å². The molecule has 8 rings (SSSR count). The Bertz CT molecular complexity index is 1660. The number of ether oxygens (including phenoxy) is 1. The molecule has 1 N–H and O–H groups in total. The van der Waals surface area contributed by atoms with Crippen molar-refractivity contribution in [2.75, 3.05) is 13.2 Å². The first-order chi connectivity index (χ1) is 19.2. The van der Waals surface area contributed by atoms with E-state index in [0.29, 0.717) is 18.1 Å². The van der Waals surface area contributed by atoms with Gasteiger partial charge in [-0.05, 0) is 54.9 Å². The van der Waals surface area contributed by atoms with E-state index >= 15 is 0 Å². The molecule has 2 aliphatic heterocycles. The maximum Gasteiger partial charge on any atom is 0.181 e. The zero-order valence-corrected chi connectivity index (χ0v) is 22.0. The minimum atomic E-state index is 0.649. The first-order valence-corrected chi connectivity index (χ1v) is 14.0. The number of pyridine rings is 1. The quantitative estimate of drug-likeness (QED) is 0.345. The maximum absolute atomic E-state index is 5.74. The van der Waals surface area contributed by atoms with E-state index in [1.807, 2.05) is 13.2 Å². The molecule has 2 fully saturated rings. The van der Waals surface area contributed by atoms with Crippen molar-refractivity contribution in [3.63, 3.8) is 0 Å². The van der Waals surface area contributed by atoms with Gasteiger partial charge >= 0.3 is 0 Å². The van der Waals surface area contributed by atoms with Crippen LogP contribution in [0.5, 0.6) is 0 Å². The molecule has 0 spiro atoms. The zero-order chi connectivity index (χ0) is 25.9. The lowest BCUT2D eigenvalue weighted by atomic mass is 9.87. The Balaban J connectivity index is 1.07. The largest absolute Gasteiger partial charge is 0.378 e. The normalized spacial score (nSPS) is 22.8. The van der Waals surface area contributed by atoms with Gasteiger partial charge in [-0.25, -0.2) is 14.6 Å². The number of hydrogen-bond donors (Lipinski definition) is 1. The first kappa shape index (κ1) is 23.0. The average molecular weight is 518 g/mol. The number of morpholine rings is 1. The third-order valence-corrected chi connectivity index (χ3v) is 9.02. The van der Waals surface area contributed by atoms with Gasteiger partial charge in [-0.3, -0.25) is 10.00 Å². The van der Waals surface area contributed by atoms with E-state index in [2.05, 4.69) is 73.7 Å². The predicted octanol–water partition coefficient (Wildman–Crippen LogP) is 4.81. The number of hydrogen-bond acceptors (Lipinski definition) is 6. The fraction of sp³-hybridized carbons (Fsp3) is 0.355. The molecule has 39 heavy (non-hydrogen) atoms. The van der Waals surface area contributed by atoms with E-state index < -0.39 is 0 Å². The maximum atomic E-state index is 5.74. The number of aromatic amines is 1. The summed E-state index contributed by atoms with van der Waals surface area (Å²) in [5.41, 5.74) is 9.14. The highest BCUT2D eigenvalue weighted by Crippen LogP contribution is 2.38. The lowest BCUT2D eigenvalue weighted by Gasteiger charge is -2.56. The number of nitrogens with one attached hydrogen (secondary N) is 1. The Hall–Kier alpha value is -3.88. The highest BCUT2D eigenvalue weighted by molar-refractivity contribution is 5.93. The topological polar surface area (TPSA) is 84.8 Å². The molecule has 1 aliphatic carbocycles. The van der Waals surface area contributed by atoms with Crippen molar-refractivity contribution in [2.24, 2.45) is 7.05 Å². The second kappa shape index (κ2) is 9.10. The number of rotatable bonds is 4. The van der Waals surface area contributed by atoms with Gasteiger partial charge in [0.05, 0.1) is 18.9 Å². The highest BCUT2D eigenvalue weighted by atomic mass is 16.5. The summed E-state index contributed by atoms with van der Waals surface area (Å²) < 4.78 is 7.52. The second-order valence-electron chi connectivity index (χ2n) is 11.2. The van der Waals surface area contributed by atoms with Crippen LogP contribution in [0.25, 0.3) is 44.8 Å². The molecule has 2 bridgehead atoms. The number of nitrogens with zero attached hydrogens (tertiary/aromatic N) is 6. The fourth-order valence-corrected chi connectivity index (χ4v) is 6.95. The molecule has 0 saturated carbocycles. The smallest absolute Gasteiger partial charge is 0.181 e. The average Bonchev–Trinajstić information content (AvgIpc) is 3.54. The van der Waals surface area contributed by atoms with Crippen LogP contribution < -0.4 is 0 Å². The lowest BCUT2D eigenvalue weighted by Crippen LogP contribution is -2.66. The van der Waals surface area contributed by atoms with Crippen LogP contribution >= 0.6 is 0 Å². The summed E-state index contributed by atoms with van der Waals surface area (Å²) in [6.07, 6.45) is 9.63. The van der Waals surface area contributed by atoms with Crippen LogP contribution in [0.1, 0.15) is 30.4 Å². The Morgan fingerprint density at radius 1 is 0.821 bits per heavy atom. The number of benzene rings is 2. The molecule has 3 aliphatic rings. The SMILES string of the molecule is Cn1ncnc1-c1ccc(-c2[nH]nc3ncc(-c4ccc5c(c4)CC[C@@H](N4C6COCC4C6)CC5)cc23)cc1. The van der Waals surface area contributed by atoms with Gasteiger partial charge in [0, 0.05) is 53.4 Å². The summed E-state index contributed by atoms with van der Waals surface area (Å²) in [5, 5.41) is 12.9. The Labute approximate surface area is 227 Å². The Morgan fingerprint density at radius 3 is 2.36 bits per heavy atom. The van der Waals surface area contributed by atoms with E-state index in [1.54, 1.807) is 11.0 Å². The lowest BCUT2D eigenvalue weighted by molar-refractivity contribution is -0.148. The van der Waals surface area contributed by atoms with Crippen molar-refractivity contribution >= 4 is 11.0 Å². The van der Waals surface area contributed by atoms with Gasteiger partial charge in [-0.2, -0.15) is 10.2 Å². The predicted molar refractivity (Wildman–Crippen MR) is 150 cm³/mol. The van der Waals surface area contributed by atoms with Crippen molar-refractivity contribution in [3.05, 3.63) is 72.2 Å². The van der Waals surface area contributed by atoms with Crippen molar-refractivity contribution in [1.82, 2.24) is 34.8 Å². The minimum Gasteiger partial charge on any atom is -0.378 e. The van der Waals surface area contributed by atoms with E-state index in [4.69, 9.17) is 9.72 Å². The van der Waals surface area contributed by atoms with Crippen molar-refractivity contribution < 1.29 is 4.74 Å². The molecule has 0 radical (unpaired) electrons. The number of aryl methyl sites for hydroxylation is 3. The van der Waals surface area contributed by atoms with Gasteiger partial charge in [0.15, 0.2) is 11.5 Å². The van der Waals surface area contributed by atoms with Gasteiger partial charge in [0.25, 0.3) is 0 Å². The third kappa shape index (κ3) is 3.89. The number of aromatic nitrogens is 6. The van der Waals surface area contributed by atoms with Crippen LogP contribution in [0.3, 0.4) is 0 Å². The number of fused-ring (bicyclic) bond motifs is 4. The zero-order valence-electron chi connectivity index (χ0n) is 22.0. The molecule has 0 amide bonds. The van der Waals surface area contributed by atoms with Crippen LogP contribution in [0.2, 0.25) is 0 Å². The molecular formula is C31H31N7O. The molecule has 3 atom stereocenters. The summed E-state index contributed by atoms with van der Waals surface area (Å²) in [6.45, 7) is 1.84. The second-order valence-corrected chi connectivity index (χ2v) is 11.2. The van der Waals surface area contributed by atoms with Gasteiger partial charge in [0.1, 0.15) is 6.33 Å². The summed E-state index contributed by atoms with van der Waals surface area (Å²) >= 11 is 0. The Morgan fingerprint density at radius 2 is 1.59 bits per heavy atom. The molecule has 8 heteroatoms. The monoisotopic (exact) mass is 517 g/mol. The molecule has 3 aromatic heterocycles. The van der Waals surface area contributed by atoms with Crippen LogP contribution in [-0.4, -0.2) is 66.2 Å². The molecule has 2 unspecified atom stereocenters. The highest BCUT2D eigenvalue weighted by Gasteiger charge is 2.45. The number of H-pyrrole nitrogens is 1.